The lowest BCUT2D eigenvalue weighted by Crippen LogP contribution is -2.26. The predicted octanol–water partition coefficient (Wildman–Crippen LogP) is 2.95. The lowest BCUT2D eigenvalue weighted by molar-refractivity contribution is 0.401. The van der Waals surface area contributed by atoms with Crippen LogP contribution < -0.4 is 5.32 Å². The highest BCUT2D eigenvalue weighted by atomic mass is 15.3. The molecule has 1 aromatic heterocycles. The Bertz CT molecular complexity index is 688. The van der Waals surface area contributed by atoms with Gasteiger partial charge in [0.15, 0.2) is 0 Å². The van der Waals surface area contributed by atoms with Gasteiger partial charge in [-0.05, 0) is 43.2 Å². The first-order chi connectivity index (χ1) is 10.7. The summed E-state index contributed by atoms with van der Waals surface area (Å²) in [4.78, 5) is 0. The van der Waals surface area contributed by atoms with E-state index in [1.807, 2.05) is 0 Å². The van der Waals surface area contributed by atoms with Crippen molar-refractivity contribution in [3.63, 3.8) is 0 Å². The summed E-state index contributed by atoms with van der Waals surface area (Å²) >= 11 is 0. The minimum absolute atomic E-state index is 0.437. The van der Waals surface area contributed by atoms with E-state index < -0.39 is 0 Å². The van der Waals surface area contributed by atoms with Crippen LogP contribution in [-0.4, -0.2) is 14.8 Å². The highest BCUT2D eigenvalue weighted by Gasteiger charge is 2.29. The SMILES string of the molecule is Cc1ccc2c(c1)[C@@H](NCc1nnc3n1CCCC3)[C@H](C)C2. The van der Waals surface area contributed by atoms with Crippen LogP contribution in [0.25, 0.3) is 0 Å². The summed E-state index contributed by atoms with van der Waals surface area (Å²) in [6.07, 6.45) is 4.75. The Morgan fingerprint density at radius 3 is 3.09 bits per heavy atom. The zero-order valence-electron chi connectivity index (χ0n) is 13.5. The molecular formula is C18H24N4. The molecule has 22 heavy (non-hydrogen) atoms. The zero-order valence-corrected chi connectivity index (χ0v) is 13.5. The molecule has 0 saturated carbocycles. The van der Waals surface area contributed by atoms with E-state index in [1.165, 1.54) is 41.8 Å². The van der Waals surface area contributed by atoms with Gasteiger partial charge in [0.2, 0.25) is 0 Å². The van der Waals surface area contributed by atoms with Crippen molar-refractivity contribution in [2.24, 2.45) is 5.92 Å². The summed E-state index contributed by atoms with van der Waals surface area (Å²) in [5.41, 5.74) is 4.32. The molecule has 0 radical (unpaired) electrons. The highest BCUT2D eigenvalue weighted by Crippen LogP contribution is 2.36. The Morgan fingerprint density at radius 1 is 1.27 bits per heavy atom. The summed E-state index contributed by atoms with van der Waals surface area (Å²) in [5.74, 6) is 2.90. The molecule has 1 aliphatic carbocycles. The summed E-state index contributed by atoms with van der Waals surface area (Å²) in [6.45, 7) is 6.41. The molecule has 1 aromatic carbocycles. The van der Waals surface area contributed by atoms with Gasteiger partial charge >= 0.3 is 0 Å². The van der Waals surface area contributed by atoms with Gasteiger partial charge in [0.25, 0.3) is 0 Å². The van der Waals surface area contributed by atoms with Crippen LogP contribution in [0.3, 0.4) is 0 Å². The number of rotatable bonds is 3. The van der Waals surface area contributed by atoms with Crippen molar-refractivity contribution in [1.29, 1.82) is 0 Å². The van der Waals surface area contributed by atoms with E-state index in [-0.39, 0.29) is 0 Å². The molecule has 2 heterocycles. The maximum Gasteiger partial charge on any atom is 0.147 e. The van der Waals surface area contributed by atoms with E-state index >= 15 is 0 Å². The smallest absolute Gasteiger partial charge is 0.147 e. The van der Waals surface area contributed by atoms with Crippen molar-refractivity contribution in [2.75, 3.05) is 0 Å². The second-order valence-electron chi connectivity index (χ2n) is 6.88. The number of hydrogen-bond donors (Lipinski definition) is 1. The topological polar surface area (TPSA) is 42.7 Å². The molecule has 2 aromatic rings. The van der Waals surface area contributed by atoms with Gasteiger partial charge in [-0.25, -0.2) is 0 Å². The van der Waals surface area contributed by atoms with Gasteiger partial charge < -0.3 is 9.88 Å². The summed E-state index contributed by atoms with van der Waals surface area (Å²) < 4.78 is 2.31. The molecule has 0 spiro atoms. The largest absolute Gasteiger partial charge is 0.314 e. The van der Waals surface area contributed by atoms with Gasteiger partial charge in [-0.15, -0.1) is 10.2 Å². The van der Waals surface area contributed by atoms with E-state index in [2.05, 4.69) is 52.1 Å². The van der Waals surface area contributed by atoms with E-state index in [9.17, 15) is 0 Å². The Morgan fingerprint density at radius 2 is 2.18 bits per heavy atom. The van der Waals surface area contributed by atoms with Gasteiger partial charge in [0.1, 0.15) is 11.6 Å². The minimum Gasteiger partial charge on any atom is -0.314 e. The van der Waals surface area contributed by atoms with Gasteiger partial charge in [0, 0.05) is 19.0 Å². The third-order valence-corrected chi connectivity index (χ3v) is 5.16. The minimum atomic E-state index is 0.437. The van der Waals surface area contributed by atoms with Crippen molar-refractivity contribution >= 4 is 0 Å². The molecule has 2 aliphatic rings. The first kappa shape index (κ1) is 13.9. The van der Waals surface area contributed by atoms with Crippen molar-refractivity contribution in [1.82, 2.24) is 20.1 Å². The third-order valence-electron chi connectivity index (χ3n) is 5.16. The van der Waals surface area contributed by atoms with E-state index in [1.54, 1.807) is 0 Å². The van der Waals surface area contributed by atoms with Crippen LogP contribution in [0.2, 0.25) is 0 Å². The molecule has 0 saturated heterocycles. The first-order valence-corrected chi connectivity index (χ1v) is 8.46. The number of fused-ring (bicyclic) bond motifs is 2. The van der Waals surface area contributed by atoms with Crippen LogP contribution >= 0.6 is 0 Å². The second kappa shape index (κ2) is 5.51. The van der Waals surface area contributed by atoms with Crippen LogP contribution in [0.4, 0.5) is 0 Å². The van der Waals surface area contributed by atoms with Gasteiger partial charge in [0.05, 0.1) is 6.54 Å². The number of nitrogens with one attached hydrogen (secondary N) is 1. The molecule has 0 bridgehead atoms. The average molecular weight is 296 g/mol. The lowest BCUT2D eigenvalue weighted by Gasteiger charge is -2.20. The fourth-order valence-electron chi connectivity index (χ4n) is 3.97. The number of benzene rings is 1. The molecule has 0 unspecified atom stereocenters. The molecule has 4 heteroatoms. The summed E-state index contributed by atoms with van der Waals surface area (Å²) in [6, 6.07) is 7.30. The Kier molecular flexibility index (Phi) is 3.49. The van der Waals surface area contributed by atoms with E-state index in [0.29, 0.717) is 12.0 Å². The molecule has 1 N–H and O–H groups in total. The van der Waals surface area contributed by atoms with Crippen LogP contribution in [-0.2, 0) is 25.9 Å². The highest BCUT2D eigenvalue weighted by molar-refractivity contribution is 5.38. The average Bonchev–Trinajstić information content (AvgIpc) is 3.06. The van der Waals surface area contributed by atoms with Gasteiger partial charge in [-0.3, -0.25) is 0 Å². The molecule has 116 valence electrons. The molecule has 4 nitrogen and oxygen atoms in total. The predicted molar refractivity (Wildman–Crippen MR) is 86.6 cm³/mol. The van der Waals surface area contributed by atoms with Crippen LogP contribution in [0.5, 0.6) is 0 Å². The molecule has 4 rings (SSSR count). The maximum absolute atomic E-state index is 4.41. The van der Waals surface area contributed by atoms with Gasteiger partial charge in [-0.2, -0.15) is 0 Å². The standard InChI is InChI=1S/C18H24N4/c1-12-6-7-14-10-13(2)18(15(14)9-12)19-11-17-21-20-16-5-3-4-8-22(16)17/h6-7,9,13,18-19H,3-5,8,10-11H2,1-2H3/t13-,18+/m1/s1. The molecule has 0 fully saturated rings. The summed E-state index contributed by atoms with van der Waals surface area (Å²) in [5, 5.41) is 12.5. The normalized spacial score (nSPS) is 23.4. The van der Waals surface area contributed by atoms with Crippen LogP contribution in [0.15, 0.2) is 18.2 Å². The van der Waals surface area contributed by atoms with Crippen molar-refractivity contribution in [3.05, 3.63) is 46.5 Å². The Hall–Kier alpha value is -1.68. The van der Waals surface area contributed by atoms with E-state index in [0.717, 1.165) is 25.3 Å². The van der Waals surface area contributed by atoms with E-state index in [4.69, 9.17) is 0 Å². The fourth-order valence-corrected chi connectivity index (χ4v) is 3.97. The molecule has 1 aliphatic heterocycles. The second-order valence-corrected chi connectivity index (χ2v) is 6.88. The number of aromatic nitrogens is 3. The lowest BCUT2D eigenvalue weighted by atomic mass is 10.0. The number of nitrogens with zero attached hydrogens (tertiary/aromatic N) is 3. The van der Waals surface area contributed by atoms with Crippen molar-refractivity contribution in [3.8, 4) is 0 Å². The Balaban J connectivity index is 1.53. The van der Waals surface area contributed by atoms with Crippen molar-refractivity contribution in [2.45, 2.75) is 58.7 Å². The Labute approximate surface area is 132 Å². The zero-order chi connectivity index (χ0) is 15.1. The quantitative estimate of drug-likeness (QED) is 0.947. The van der Waals surface area contributed by atoms with Crippen LogP contribution in [0, 0.1) is 12.8 Å². The summed E-state index contributed by atoms with van der Waals surface area (Å²) in [7, 11) is 0. The molecule has 0 amide bonds. The van der Waals surface area contributed by atoms with Crippen LogP contribution in [0.1, 0.15) is 54.1 Å². The number of hydrogen-bond acceptors (Lipinski definition) is 3. The molecule has 2 atom stereocenters. The molecular weight excluding hydrogens is 272 g/mol. The maximum atomic E-state index is 4.41. The van der Waals surface area contributed by atoms with Gasteiger partial charge in [-0.1, -0.05) is 30.7 Å². The third kappa shape index (κ3) is 2.35. The monoisotopic (exact) mass is 296 g/mol. The fraction of sp³-hybridized carbons (Fsp3) is 0.556. The van der Waals surface area contributed by atoms with Crippen molar-refractivity contribution < 1.29 is 0 Å². The number of aryl methyl sites for hydroxylation is 2. The first-order valence-electron chi connectivity index (χ1n) is 8.46.